The molecular formula is C25H29N3O4. The Morgan fingerprint density at radius 2 is 1.81 bits per heavy atom. The van der Waals surface area contributed by atoms with Crippen molar-refractivity contribution in [1.82, 2.24) is 10.1 Å². The second-order valence-corrected chi connectivity index (χ2v) is 8.64. The minimum absolute atomic E-state index is 0.0372. The first-order valence-electron chi connectivity index (χ1n) is 10.8. The molecule has 3 aromatic rings. The molecule has 1 saturated heterocycles. The maximum absolute atomic E-state index is 12.8. The van der Waals surface area contributed by atoms with E-state index in [1.54, 1.807) is 7.11 Å². The van der Waals surface area contributed by atoms with Gasteiger partial charge in [-0.1, -0.05) is 22.9 Å². The van der Waals surface area contributed by atoms with Gasteiger partial charge in [0.1, 0.15) is 0 Å². The summed E-state index contributed by atoms with van der Waals surface area (Å²) in [4.78, 5) is 19.3. The predicted octanol–water partition coefficient (Wildman–Crippen LogP) is 4.98. The standard InChI is InChI=1S/C25H29N3O4/c1-14(2)31-20-8-7-18(11-21(20)30-6)24-26-25(32-27-24)19-12-22(29)28(13-19)23-16(4)9-15(3)10-17(23)5/h7-11,14,19H,12-13H2,1-6H3. The number of carbonyl (C=O) groups is 1. The third-order valence-corrected chi connectivity index (χ3v) is 5.61. The average Bonchev–Trinajstić information content (AvgIpc) is 3.35. The molecule has 168 valence electrons. The molecule has 0 radical (unpaired) electrons. The summed E-state index contributed by atoms with van der Waals surface area (Å²) in [5.41, 5.74) is 5.12. The van der Waals surface area contributed by atoms with Crippen molar-refractivity contribution >= 4 is 11.6 Å². The van der Waals surface area contributed by atoms with Crippen LogP contribution in [0.15, 0.2) is 34.9 Å². The summed E-state index contributed by atoms with van der Waals surface area (Å²) in [5, 5.41) is 4.15. The molecule has 1 aliphatic heterocycles. The van der Waals surface area contributed by atoms with Crippen LogP contribution in [0.25, 0.3) is 11.4 Å². The smallest absolute Gasteiger partial charge is 0.232 e. The highest BCUT2D eigenvalue weighted by molar-refractivity contribution is 5.97. The van der Waals surface area contributed by atoms with Crippen molar-refractivity contribution in [2.45, 2.75) is 53.1 Å². The zero-order chi connectivity index (χ0) is 23.0. The fourth-order valence-corrected chi connectivity index (χ4v) is 4.36. The van der Waals surface area contributed by atoms with E-state index < -0.39 is 0 Å². The molecule has 0 aliphatic carbocycles. The van der Waals surface area contributed by atoms with Crippen molar-refractivity contribution in [3.63, 3.8) is 0 Å². The van der Waals surface area contributed by atoms with Crippen molar-refractivity contribution in [1.29, 1.82) is 0 Å². The van der Waals surface area contributed by atoms with Gasteiger partial charge in [-0.25, -0.2) is 0 Å². The van der Waals surface area contributed by atoms with Crippen molar-refractivity contribution in [3.05, 3.63) is 52.9 Å². The zero-order valence-corrected chi connectivity index (χ0v) is 19.4. The first-order valence-corrected chi connectivity index (χ1v) is 10.8. The molecule has 0 spiro atoms. The molecule has 1 amide bonds. The number of carbonyl (C=O) groups excluding carboxylic acids is 1. The van der Waals surface area contributed by atoms with Gasteiger partial charge in [0.15, 0.2) is 11.5 Å². The molecule has 0 N–H and O–H groups in total. The number of ether oxygens (including phenoxy) is 2. The lowest BCUT2D eigenvalue weighted by molar-refractivity contribution is -0.117. The summed E-state index contributed by atoms with van der Waals surface area (Å²) in [7, 11) is 1.60. The molecule has 1 atom stereocenters. The third kappa shape index (κ3) is 4.20. The highest BCUT2D eigenvalue weighted by Gasteiger charge is 2.36. The molecule has 2 heterocycles. The molecule has 0 saturated carbocycles. The largest absolute Gasteiger partial charge is 0.493 e. The maximum atomic E-state index is 12.8. The van der Waals surface area contributed by atoms with Crippen LogP contribution in [0.4, 0.5) is 5.69 Å². The lowest BCUT2D eigenvalue weighted by Gasteiger charge is -2.21. The van der Waals surface area contributed by atoms with E-state index in [1.165, 1.54) is 5.56 Å². The number of hydrogen-bond acceptors (Lipinski definition) is 6. The number of benzene rings is 2. The Labute approximate surface area is 188 Å². The van der Waals surface area contributed by atoms with E-state index in [9.17, 15) is 4.79 Å². The predicted molar refractivity (Wildman–Crippen MR) is 122 cm³/mol. The van der Waals surface area contributed by atoms with Gasteiger partial charge in [0.2, 0.25) is 17.6 Å². The van der Waals surface area contributed by atoms with E-state index >= 15 is 0 Å². The maximum Gasteiger partial charge on any atom is 0.232 e. The molecule has 7 heteroatoms. The van der Waals surface area contributed by atoms with Crippen molar-refractivity contribution in [3.8, 4) is 22.9 Å². The number of aryl methyl sites for hydroxylation is 3. The molecule has 32 heavy (non-hydrogen) atoms. The Morgan fingerprint density at radius 1 is 1.09 bits per heavy atom. The van der Waals surface area contributed by atoms with E-state index in [4.69, 9.17) is 14.0 Å². The third-order valence-electron chi connectivity index (χ3n) is 5.61. The van der Waals surface area contributed by atoms with Crippen molar-refractivity contribution < 1.29 is 18.8 Å². The number of methoxy groups -OCH3 is 1. The summed E-state index contributed by atoms with van der Waals surface area (Å²) in [6.45, 7) is 10.6. The van der Waals surface area contributed by atoms with E-state index in [0.717, 1.165) is 22.4 Å². The van der Waals surface area contributed by atoms with E-state index in [0.29, 0.717) is 36.2 Å². The van der Waals surface area contributed by atoms with Gasteiger partial charge in [0, 0.05) is 24.2 Å². The molecular weight excluding hydrogens is 406 g/mol. The Hall–Kier alpha value is -3.35. The van der Waals surface area contributed by atoms with Crippen LogP contribution in [-0.4, -0.2) is 35.8 Å². The number of hydrogen-bond donors (Lipinski definition) is 0. The van der Waals surface area contributed by atoms with Crippen LogP contribution in [0.2, 0.25) is 0 Å². The lowest BCUT2D eigenvalue weighted by Crippen LogP contribution is -2.26. The van der Waals surface area contributed by atoms with Gasteiger partial charge in [0.05, 0.1) is 19.1 Å². The number of nitrogens with zero attached hydrogens (tertiary/aromatic N) is 3. The van der Waals surface area contributed by atoms with Crippen molar-refractivity contribution in [2.75, 3.05) is 18.6 Å². The fourth-order valence-electron chi connectivity index (χ4n) is 4.36. The Kier molecular flexibility index (Phi) is 5.91. The second-order valence-electron chi connectivity index (χ2n) is 8.64. The van der Waals surface area contributed by atoms with E-state index in [1.807, 2.05) is 50.8 Å². The first-order chi connectivity index (χ1) is 15.3. The highest BCUT2D eigenvalue weighted by Crippen LogP contribution is 2.37. The Bertz CT molecular complexity index is 1130. The van der Waals surface area contributed by atoms with Gasteiger partial charge in [0.25, 0.3) is 0 Å². The molecule has 4 rings (SSSR count). The van der Waals surface area contributed by atoms with E-state index in [-0.39, 0.29) is 17.9 Å². The minimum Gasteiger partial charge on any atom is -0.493 e. The number of rotatable bonds is 6. The normalized spacial score (nSPS) is 16.2. The summed E-state index contributed by atoms with van der Waals surface area (Å²) in [6.07, 6.45) is 0.383. The Morgan fingerprint density at radius 3 is 2.47 bits per heavy atom. The quantitative estimate of drug-likeness (QED) is 0.544. The van der Waals surface area contributed by atoms with Gasteiger partial charge < -0.3 is 18.9 Å². The number of anilines is 1. The molecule has 0 bridgehead atoms. The molecule has 7 nitrogen and oxygen atoms in total. The lowest BCUT2D eigenvalue weighted by atomic mass is 10.0. The van der Waals surface area contributed by atoms with Crippen LogP contribution < -0.4 is 14.4 Å². The molecule has 2 aromatic carbocycles. The van der Waals surface area contributed by atoms with Crippen LogP contribution in [0.5, 0.6) is 11.5 Å². The van der Waals surface area contributed by atoms with Crippen LogP contribution >= 0.6 is 0 Å². The van der Waals surface area contributed by atoms with Crippen LogP contribution in [0, 0.1) is 20.8 Å². The summed E-state index contributed by atoms with van der Waals surface area (Å²) < 4.78 is 16.8. The molecule has 1 aromatic heterocycles. The second kappa shape index (κ2) is 8.65. The van der Waals surface area contributed by atoms with Gasteiger partial charge in [-0.05, 0) is 63.9 Å². The molecule has 1 unspecified atom stereocenters. The average molecular weight is 436 g/mol. The first kappa shape index (κ1) is 21.9. The van der Waals surface area contributed by atoms with Crippen LogP contribution in [0.1, 0.15) is 48.8 Å². The van der Waals surface area contributed by atoms with Crippen molar-refractivity contribution in [2.24, 2.45) is 0 Å². The SMILES string of the molecule is COc1cc(-c2noc(C3CC(=O)N(c4c(C)cc(C)cc4C)C3)n2)ccc1OC(C)C. The van der Waals surface area contributed by atoms with Gasteiger partial charge >= 0.3 is 0 Å². The summed E-state index contributed by atoms with van der Waals surface area (Å²) >= 11 is 0. The summed E-state index contributed by atoms with van der Waals surface area (Å²) in [5.74, 6) is 2.13. The molecule has 1 fully saturated rings. The minimum atomic E-state index is -0.144. The van der Waals surface area contributed by atoms with Crippen LogP contribution in [-0.2, 0) is 4.79 Å². The van der Waals surface area contributed by atoms with E-state index in [2.05, 4.69) is 29.2 Å². The van der Waals surface area contributed by atoms with Crippen LogP contribution in [0.3, 0.4) is 0 Å². The monoisotopic (exact) mass is 435 g/mol. The van der Waals surface area contributed by atoms with Gasteiger partial charge in [-0.3, -0.25) is 4.79 Å². The topological polar surface area (TPSA) is 77.7 Å². The fraction of sp³-hybridized carbons (Fsp3) is 0.400. The summed E-state index contributed by atoms with van der Waals surface area (Å²) in [6, 6.07) is 9.76. The number of amides is 1. The zero-order valence-electron chi connectivity index (χ0n) is 19.4. The van der Waals surface area contributed by atoms with Gasteiger partial charge in [-0.15, -0.1) is 0 Å². The highest BCUT2D eigenvalue weighted by atomic mass is 16.5. The Balaban J connectivity index is 1.57. The number of aromatic nitrogens is 2. The molecule has 1 aliphatic rings. The van der Waals surface area contributed by atoms with Gasteiger partial charge in [-0.2, -0.15) is 4.98 Å².